The first kappa shape index (κ1) is 20.2. The summed E-state index contributed by atoms with van der Waals surface area (Å²) in [5.74, 6) is -1.18. The van der Waals surface area contributed by atoms with Gasteiger partial charge in [0, 0.05) is 13.0 Å². The minimum Gasteiger partial charge on any atom is -0.468 e. The summed E-state index contributed by atoms with van der Waals surface area (Å²) in [6, 6.07) is -0.548. The average Bonchev–Trinajstić information content (AvgIpc) is 2.88. The molecule has 0 aliphatic carbocycles. The number of halogens is 3. The number of methoxy groups -OCH3 is 1. The Morgan fingerprint density at radius 1 is 1.35 bits per heavy atom. The lowest BCUT2D eigenvalue weighted by atomic mass is 10.1. The van der Waals surface area contributed by atoms with Gasteiger partial charge in [0.25, 0.3) is 11.6 Å². The van der Waals surface area contributed by atoms with Crippen molar-refractivity contribution in [2.75, 3.05) is 7.11 Å². The van der Waals surface area contributed by atoms with Crippen molar-refractivity contribution in [2.24, 2.45) is 5.16 Å². The Bertz CT molecular complexity index is 904. The normalized spacial score (nSPS) is 17.0. The second kappa shape index (κ2) is 6.56. The van der Waals surface area contributed by atoms with Crippen LogP contribution in [0.15, 0.2) is 9.95 Å². The summed E-state index contributed by atoms with van der Waals surface area (Å²) in [5, 5.41) is 3.04. The Morgan fingerprint density at radius 2 is 1.96 bits per heavy atom. The van der Waals surface area contributed by atoms with Gasteiger partial charge < -0.3 is 9.57 Å². The van der Waals surface area contributed by atoms with Gasteiger partial charge in [0.15, 0.2) is 20.6 Å². The summed E-state index contributed by atoms with van der Waals surface area (Å²) in [6.07, 6.45) is -5.14. The monoisotopic (exact) mass is 397 g/mol. The second-order valence-electron chi connectivity index (χ2n) is 6.24. The smallest absolute Gasteiger partial charge is 0.434 e. The number of sulfone groups is 1. The van der Waals surface area contributed by atoms with Gasteiger partial charge in [-0.3, -0.25) is 9.36 Å². The van der Waals surface area contributed by atoms with E-state index in [1.165, 1.54) is 6.92 Å². The topological polar surface area (TPSA) is 99.9 Å². The summed E-state index contributed by atoms with van der Waals surface area (Å²) < 4.78 is 70.6. The molecular weight excluding hydrogens is 379 g/mol. The minimum absolute atomic E-state index is 0.0444. The first-order chi connectivity index (χ1) is 11.8. The summed E-state index contributed by atoms with van der Waals surface area (Å²) >= 11 is 0. The molecule has 0 atom stereocenters. The summed E-state index contributed by atoms with van der Waals surface area (Å²) in [4.78, 5) is 20.7. The van der Waals surface area contributed by atoms with E-state index in [0.717, 1.165) is 11.7 Å². The number of alkyl halides is 3. The molecule has 0 saturated carbocycles. The van der Waals surface area contributed by atoms with Crippen molar-refractivity contribution in [1.29, 1.82) is 0 Å². The van der Waals surface area contributed by atoms with Gasteiger partial charge in [-0.1, -0.05) is 5.16 Å². The maximum Gasteiger partial charge on any atom is 0.434 e. The third-order valence-electron chi connectivity index (χ3n) is 3.66. The van der Waals surface area contributed by atoms with Gasteiger partial charge in [0.2, 0.25) is 0 Å². The Morgan fingerprint density at radius 3 is 2.38 bits per heavy atom. The van der Waals surface area contributed by atoms with E-state index in [1.807, 2.05) is 0 Å². The maximum absolute atomic E-state index is 13.3. The fraction of sp³-hybridized carbons (Fsp3) is 0.643. The SMILES string of the molecule is CCn1c(OC)nc(C(F)(F)F)c(CS(=O)(=O)C2=NOC(C)(C)C2)c1=O. The van der Waals surface area contributed by atoms with Crippen LogP contribution in [0, 0.1) is 0 Å². The Kier molecular flexibility index (Phi) is 5.10. The lowest BCUT2D eigenvalue weighted by Gasteiger charge is -2.16. The van der Waals surface area contributed by atoms with Crippen LogP contribution in [-0.4, -0.2) is 35.7 Å². The third-order valence-corrected chi connectivity index (χ3v) is 5.27. The van der Waals surface area contributed by atoms with Crippen LogP contribution in [0.5, 0.6) is 6.01 Å². The number of rotatable bonds is 4. The van der Waals surface area contributed by atoms with E-state index in [4.69, 9.17) is 9.57 Å². The zero-order valence-electron chi connectivity index (χ0n) is 14.5. The van der Waals surface area contributed by atoms with Crippen LogP contribution in [0.2, 0.25) is 0 Å². The molecular formula is C14H18F3N3O5S. The van der Waals surface area contributed by atoms with Gasteiger partial charge in [0.05, 0.1) is 18.4 Å². The highest BCUT2D eigenvalue weighted by atomic mass is 32.2. The van der Waals surface area contributed by atoms with Gasteiger partial charge in [0.1, 0.15) is 5.60 Å². The van der Waals surface area contributed by atoms with Gasteiger partial charge in [-0.15, -0.1) is 0 Å². The number of oxime groups is 1. The Balaban J connectivity index is 2.60. The Labute approximate surface area is 147 Å². The standard InChI is InChI=1S/C14H18F3N3O5S/c1-5-20-11(21)8(10(14(15,16)17)18-12(20)24-4)7-26(22,23)9-6-13(2,3)25-19-9/h5-7H2,1-4H3. The zero-order chi connectivity index (χ0) is 19.9. The first-order valence-corrected chi connectivity index (χ1v) is 9.20. The molecule has 146 valence electrons. The van der Waals surface area contributed by atoms with Crippen LogP contribution < -0.4 is 10.3 Å². The van der Waals surface area contributed by atoms with Crippen molar-refractivity contribution < 1.29 is 31.2 Å². The van der Waals surface area contributed by atoms with E-state index in [0.29, 0.717) is 0 Å². The van der Waals surface area contributed by atoms with Crippen molar-refractivity contribution in [3.63, 3.8) is 0 Å². The van der Waals surface area contributed by atoms with Gasteiger partial charge in [-0.25, -0.2) is 8.42 Å². The van der Waals surface area contributed by atoms with E-state index in [9.17, 15) is 26.4 Å². The van der Waals surface area contributed by atoms with Crippen LogP contribution in [0.4, 0.5) is 13.2 Å². The molecule has 0 aromatic carbocycles. The van der Waals surface area contributed by atoms with Gasteiger partial charge in [-0.2, -0.15) is 18.2 Å². The fourth-order valence-corrected chi connectivity index (χ4v) is 3.94. The highest BCUT2D eigenvalue weighted by Crippen LogP contribution is 2.32. The molecule has 0 spiro atoms. The van der Waals surface area contributed by atoms with E-state index in [1.54, 1.807) is 13.8 Å². The molecule has 26 heavy (non-hydrogen) atoms. The number of ether oxygens (including phenoxy) is 1. The molecule has 1 aromatic rings. The fourth-order valence-electron chi connectivity index (χ4n) is 2.42. The van der Waals surface area contributed by atoms with Crippen molar-refractivity contribution in [1.82, 2.24) is 9.55 Å². The molecule has 8 nitrogen and oxygen atoms in total. The predicted molar refractivity (Wildman–Crippen MR) is 85.6 cm³/mol. The van der Waals surface area contributed by atoms with E-state index < -0.39 is 55.2 Å². The van der Waals surface area contributed by atoms with Crippen molar-refractivity contribution in [3.05, 3.63) is 21.6 Å². The summed E-state index contributed by atoms with van der Waals surface area (Å²) in [6.45, 7) is 4.62. The van der Waals surface area contributed by atoms with E-state index in [-0.39, 0.29) is 13.0 Å². The molecule has 2 rings (SSSR count). The van der Waals surface area contributed by atoms with Crippen molar-refractivity contribution >= 4 is 14.9 Å². The van der Waals surface area contributed by atoms with Crippen LogP contribution in [-0.2, 0) is 33.1 Å². The summed E-state index contributed by atoms with van der Waals surface area (Å²) in [5.41, 5.74) is -4.59. The highest BCUT2D eigenvalue weighted by molar-refractivity contribution is 8.05. The molecule has 1 aromatic heterocycles. The minimum atomic E-state index is -5.03. The van der Waals surface area contributed by atoms with Crippen LogP contribution in [0.25, 0.3) is 0 Å². The molecule has 1 aliphatic heterocycles. The molecule has 12 heteroatoms. The average molecular weight is 397 g/mol. The predicted octanol–water partition coefficient (Wildman–Crippen LogP) is 1.72. The Hall–Kier alpha value is -2.11. The van der Waals surface area contributed by atoms with Gasteiger partial charge >= 0.3 is 6.18 Å². The number of nitrogens with zero attached hydrogens (tertiary/aromatic N) is 3. The molecule has 0 fully saturated rings. The van der Waals surface area contributed by atoms with Crippen LogP contribution in [0.3, 0.4) is 0 Å². The molecule has 2 heterocycles. The second-order valence-corrected chi connectivity index (χ2v) is 8.23. The largest absolute Gasteiger partial charge is 0.468 e. The molecule has 0 amide bonds. The highest BCUT2D eigenvalue weighted by Gasteiger charge is 2.42. The molecule has 0 radical (unpaired) electrons. The zero-order valence-corrected chi connectivity index (χ0v) is 15.4. The first-order valence-electron chi connectivity index (χ1n) is 7.55. The van der Waals surface area contributed by atoms with Crippen LogP contribution in [0.1, 0.15) is 38.4 Å². The maximum atomic E-state index is 13.3. The van der Waals surface area contributed by atoms with Crippen molar-refractivity contribution in [2.45, 2.75) is 51.3 Å². The lowest BCUT2D eigenvalue weighted by molar-refractivity contribution is -0.142. The molecule has 0 unspecified atom stereocenters. The van der Waals surface area contributed by atoms with E-state index in [2.05, 4.69) is 10.1 Å². The number of hydrogen-bond acceptors (Lipinski definition) is 7. The quantitative estimate of drug-likeness (QED) is 0.767. The number of hydrogen-bond donors (Lipinski definition) is 0. The van der Waals surface area contributed by atoms with Crippen molar-refractivity contribution in [3.8, 4) is 6.01 Å². The molecule has 1 aliphatic rings. The summed E-state index contributed by atoms with van der Waals surface area (Å²) in [7, 11) is -3.24. The molecule has 0 N–H and O–H groups in total. The third kappa shape index (κ3) is 3.84. The molecule has 0 saturated heterocycles. The van der Waals surface area contributed by atoms with Gasteiger partial charge in [-0.05, 0) is 20.8 Å². The number of aromatic nitrogens is 2. The molecule has 0 bridgehead atoms. The van der Waals surface area contributed by atoms with Crippen LogP contribution >= 0.6 is 0 Å². The lowest BCUT2D eigenvalue weighted by Crippen LogP contribution is -2.33. The van der Waals surface area contributed by atoms with E-state index >= 15 is 0 Å².